The molecule has 0 spiro atoms. The molecule has 0 fully saturated rings. The number of aromatic hydroxyl groups is 1. The Morgan fingerprint density at radius 2 is 1.54 bits per heavy atom. The van der Waals surface area contributed by atoms with Gasteiger partial charge in [0, 0.05) is 12.0 Å². The first-order valence-corrected chi connectivity index (χ1v) is 8.64. The van der Waals surface area contributed by atoms with Crippen LogP contribution in [0.15, 0.2) is 84.7 Å². The number of phenols is 1. The third-order valence-electron chi connectivity index (χ3n) is 4.77. The van der Waals surface area contributed by atoms with E-state index in [-0.39, 0.29) is 18.1 Å². The minimum atomic E-state index is -0.532. The zero-order chi connectivity index (χ0) is 19.2. The number of aliphatic hydroxyl groups excluding tert-OH is 2. The van der Waals surface area contributed by atoms with Gasteiger partial charge in [-0.2, -0.15) is 0 Å². The Labute approximate surface area is 155 Å². The van der Waals surface area contributed by atoms with Gasteiger partial charge < -0.3 is 15.3 Å². The summed E-state index contributed by atoms with van der Waals surface area (Å²) in [6.45, 7) is 8.19. The molecule has 0 heterocycles. The maximum Gasteiger partial charge on any atom is 0.115 e. The predicted octanol–water partition coefficient (Wildman–Crippen LogP) is 4.81. The first-order valence-electron chi connectivity index (χ1n) is 8.64. The van der Waals surface area contributed by atoms with Gasteiger partial charge in [0.05, 0.1) is 0 Å². The number of phenolic OH excluding ortho intramolecular Hbond substituents is 1. The van der Waals surface area contributed by atoms with Crippen LogP contribution in [0.2, 0.25) is 0 Å². The molecule has 2 rings (SSSR count). The van der Waals surface area contributed by atoms with E-state index >= 15 is 0 Å². The van der Waals surface area contributed by atoms with Crippen molar-refractivity contribution in [1.82, 2.24) is 0 Å². The molecule has 26 heavy (non-hydrogen) atoms. The molecule has 1 unspecified atom stereocenters. The second-order valence-electron chi connectivity index (χ2n) is 6.41. The second kappa shape index (κ2) is 8.54. The number of allylic oxidation sites excluding steroid dienone is 4. The highest BCUT2D eigenvalue weighted by Crippen LogP contribution is 2.39. The summed E-state index contributed by atoms with van der Waals surface area (Å²) in [7, 11) is 0. The fraction of sp³-hybridized carbons (Fsp3) is 0.217. The monoisotopic (exact) mass is 350 g/mol. The summed E-state index contributed by atoms with van der Waals surface area (Å²) in [4.78, 5) is 0. The van der Waals surface area contributed by atoms with Crippen LogP contribution >= 0.6 is 0 Å². The van der Waals surface area contributed by atoms with Crippen molar-refractivity contribution in [2.45, 2.75) is 25.7 Å². The van der Waals surface area contributed by atoms with Gasteiger partial charge in [0.25, 0.3) is 0 Å². The van der Waals surface area contributed by atoms with E-state index in [0.717, 1.165) is 22.3 Å². The van der Waals surface area contributed by atoms with Crippen molar-refractivity contribution < 1.29 is 15.3 Å². The summed E-state index contributed by atoms with van der Waals surface area (Å²) in [6.07, 6.45) is 5.67. The van der Waals surface area contributed by atoms with Crippen molar-refractivity contribution in [1.29, 1.82) is 0 Å². The molecule has 2 aromatic rings. The Morgan fingerprint density at radius 3 is 2.04 bits per heavy atom. The molecule has 1 atom stereocenters. The zero-order valence-electron chi connectivity index (χ0n) is 15.3. The summed E-state index contributed by atoms with van der Waals surface area (Å²) >= 11 is 0. The number of hydrogen-bond donors (Lipinski definition) is 3. The largest absolute Gasteiger partial charge is 0.508 e. The van der Waals surface area contributed by atoms with Crippen molar-refractivity contribution >= 4 is 0 Å². The van der Waals surface area contributed by atoms with E-state index in [9.17, 15) is 10.2 Å². The molecule has 0 saturated carbocycles. The van der Waals surface area contributed by atoms with Gasteiger partial charge in [-0.05, 0) is 66.8 Å². The Hall–Kier alpha value is -2.78. The molecule has 2 aromatic carbocycles. The topological polar surface area (TPSA) is 60.7 Å². The van der Waals surface area contributed by atoms with Crippen LogP contribution in [0.3, 0.4) is 0 Å². The fourth-order valence-electron chi connectivity index (χ4n) is 2.91. The van der Waals surface area contributed by atoms with Crippen LogP contribution in [-0.2, 0) is 11.8 Å². The van der Waals surface area contributed by atoms with Gasteiger partial charge in [0.1, 0.15) is 11.5 Å². The molecule has 0 aliphatic carbocycles. The van der Waals surface area contributed by atoms with Crippen molar-refractivity contribution in [3.63, 3.8) is 0 Å². The molecule has 0 saturated heterocycles. The van der Waals surface area contributed by atoms with Gasteiger partial charge in [0.2, 0.25) is 0 Å². The van der Waals surface area contributed by atoms with Crippen molar-refractivity contribution in [2.75, 3.05) is 6.61 Å². The average molecular weight is 350 g/mol. The predicted molar refractivity (Wildman–Crippen MR) is 106 cm³/mol. The van der Waals surface area contributed by atoms with Crippen LogP contribution < -0.4 is 0 Å². The average Bonchev–Trinajstić information content (AvgIpc) is 2.66. The quantitative estimate of drug-likeness (QED) is 0.496. The minimum Gasteiger partial charge on any atom is -0.508 e. The Bertz CT molecular complexity index is 798. The zero-order valence-corrected chi connectivity index (χ0v) is 15.3. The van der Waals surface area contributed by atoms with Gasteiger partial charge in [-0.1, -0.05) is 49.1 Å². The lowest BCUT2D eigenvalue weighted by Gasteiger charge is -2.32. The summed E-state index contributed by atoms with van der Waals surface area (Å²) < 4.78 is 0. The third-order valence-corrected chi connectivity index (χ3v) is 4.77. The number of rotatable bonds is 7. The lowest BCUT2D eigenvalue weighted by Crippen LogP contribution is -2.25. The summed E-state index contributed by atoms with van der Waals surface area (Å²) in [5, 5.41) is 28.5. The molecule has 3 nitrogen and oxygen atoms in total. The van der Waals surface area contributed by atoms with E-state index in [1.807, 2.05) is 42.5 Å². The lowest BCUT2D eigenvalue weighted by atomic mass is 9.71. The first kappa shape index (κ1) is 19.5. The summed E-state index contributed by atoms with van der Waals surface area (Å²) in [5.41, 5.74) is 3.37. The van der Waals surface area contributed by atoms with Crippen LogP contribution in [0.4, 0.5) is 0 Å². The van der Waals surface area contributed by atoms with Gasteiger partial charge in [-0.3, -0.25) is 0 Å². The van der Waals surface area contributed by atoms with Crippen molar-refractivity contribution in [3.8, 4) is 5.75 Å². The Balaban J connectivity index is 2.52. The molecule has 3 heteroatoms. The molecule has 0 radical (unpaired) electrons. The van der Waals surface area contributed by atoms with Crippen molar-refractivity contribution in [2.24, 2.45) is 0 Å². The number of aliphatic hydroxyl groups is 2. The van der Waals surface area contributed by atoms with Gasteiger partial charge in [-0.25, -0.2) is 0 Å². The lowest BCUT2D eigenvalue weighted by molar-refractivity contribution is 0.299. The van der Waals surface area contributed by atoms with Gasteiger partial charge >= 0.3 is 0 Å². The highest BCUT2D eigenvalue weighted by atomic mass is 16.3. The molecule has 0 aliphatic rings. The normalized spacial score (nSPS) is 14.3. The Morgan fingerprint density at radius 1 is 1.00 bits per heavy atom. The Kier molecular flexibility index (Phi) is 6.42. The summed E-state index contributed by atoms with van der Waals surface area (Å²) in [6, 6.07) is 15.2. The van der Waals surface area contributed by atoms with E-state index in [1.165, 1.54) is 0 Å². The molecular weight excluding hydrogens is 324 g/mol. The smallest absolute Gasteiger partial charge is 0.115 e. The number of hydrogen-bond acceptors (Lipinski definition) is 3. The number of benzene rings is 2. The second-order valence-corrected chi connectivity index (χ2v) is 6.41. The fourth-order valence-corrected chi connectivity index (χ4v) is 2.91. The molecule has 3 N–H and O–H groups in total. The van der Waals surface area contributed by atoms with Gasteiger partial charge in [-0.15, -0.1) is 0 Å². The van der Waals surface area contributed by atoms with E-state index in [2.05, 4.69) is 13.5 Å². The van der Waals surface area contributed by atoms with Crippen LogP contribution in [0.1, 0.15) is 30.5 Å². The van der Waals surface area contributed by atoms with E-state index in [4.69, 9.17) is 5.11 Å². The maximum absolute atomic E-state index is 9.72. The SMILES string of the molecule is C=C(/C=C\C(O)=C/C)C(C)(c1ccc(O)cc1)c1ccc(CCO)cc1. The van der Waals surface area contributed by atoms with Crippen LogP contribution in [0.5, 0.6) is 5.75 Å². The van der Waals surface area contributed by atoms with E-state index in [1.54, 1.807) is 31.2 Å². The van der Waals surface area contributed by atoms with Crippen LogP contribution in [0, 0.1) is 0 Å². The van der Waals surface area contributed by atoms with E-state index < -0.39 is 5.41 Å². The highest BCUT2D eigenvalue weighted by molar-refractivity contribution is 5.52. The minimum absolute atomic E-state index is 0.118. The molecule has 136 valence electrons. The molecule has 0 bridgehead atoms. The first-order chi connectivity index (χ1) is 12.4. The third kappa shape index (κ3) is 4.24. The molecule has 0 amide bonds. The van der Waals surface area contributed by atoms with Crippen molar-refractivity contribution in [3.05, 3.63) is 101 Å². The standard InChI is InChI=1S/C23H26O3/c1-4-21(25)12-5-17(2)23(3,20-10-13-22(26)14-11-20)19-8-6-18(7-9-19)15-16-24/h4-14,24-26H,2,15-16H2,1,3H3/b12-5-,21-4+. The highest BCUT2D eigenvalue weighted by Gasteiger charge is 2.31. The van der Waals surface area contributed by atoms with Gasteiger partial charge in [0.15, 0.2) is 0 Å². The summed E-state index contributed by atoms with van der Waals surface area (Å²) in [5.74, 6) is 0.389. The molecule has 0 aliphatic heterocycles. The molecule has 0 aromatic heterocycles. The molecular formula is C23H26O3. The maximum atomic E-state index is 9.72. The van der Waals surface area contributed by atoms with E-state index in [0.29, 0.717) is 6.42 Å². The van der Waals surface area contributed by atoms with Crippen LogP contribution in [-0.4, -0.2) is 21.9 Å². The van der Waals surface area contributed by atoms with Crippen LogP contribution in [0.25, 0.3) is 0 Å².